The molecule has 5 N–H and O–H groups in total. The molecule has 1 fully saturated rings. The van der Waals surface area contributed by atoms with Gasteiger partial charge in [0.2, 0.25) is 5.95 Å². The van der Waals surface area contributed by atoms with E-state index in [1.165, 1.54) is 24.4 Å². The van der Waals surface area contributed by atoms with E-state index in [0.29, 0.717) is 17.4 Å². The van der Waals surface area contributed by atoms with Crippen LogP contribution in [0.4, 0.5) is 16.2 Å². The first kappa shape index (κ1) is 33.8. The minimum absolute atomic E-state index is 0. The number of hydrogen-bond acceptors (Lipinski definition) is 8. The fraction of sp³-hybridized carbons (Fsp3) is 0.391. The Kier molecular flexibility index (Phi) is 13.1. The van der Waals surface area contributed by atoms with Crippen molar-refractivity contribution in [3.63, 3.8) is 0 Å². The van der Waals surface area contributed by atoms with Crippen molar-refractivity contribution in [1.29, 1.82) is 0 Å². The number of hydrogen-bond donors (Lipinski definition) is 3. The summed E-state index contributed by atoms with van der Waals surface area (Å²) in [6.45, 7) is 8.29. The summed E-state index contributed by atoms with van der Waals surface area (Å²) in [6, 6.07) is 4.99. The third kappa shape index (κ3) is 6.77. The molecule has 3 aromatic heterocycles. The highest BCUT2D eigenvalue weighted by Crippen LogP contribution is 2.37. The molecule has 1 saturated heterocycles. The Morgan fingerprint density at radius 2 is 1.61 bits per heavy atom. The summed E-state index contributed by atoms with van der Waals surface area (Å²) in [4.78, 5) is 19.6. The van der Waals surface area contributed by atoms with Crippen LogP contribution in [0.3, 0.4) is 0 Å². The normalized spacial score (nSPS) is 13.7. The molecule has 0 radical (unpaired) electrons. The predicted molar refractivity (Wildman–Crippen MR) is 151 cm³/mol. The van der Waals surface area contributed by atoms with Crippen molar-refractivity contribution in [1.82, 2.24) is 24.8 Å². The van der Waals surface area contributed by atoms with Crippen molar-refractivity contribution in [2.45, 2.75) is 45.6 Å². The molecule has 200 valence electrons. The van der Waals surface area contributed by atoms with Gasteiger partial charge >= 0.3 is 0 Å². The number of pyridine rings is 2. The number of aromatic hydroxyl groups is 1. The van der Waals surface area contributed by atoms with E-state index in [2.05, 4.69) is 38.7 Å². The lowest BCUT2D eigenvalue weighted by Crippen LogP contribution is -2.38. The Morgan fingerprint density at radius 1 is 0.972 bits per heavy atom. The van der Waals surface area contributed by atoms with E-state index in [-0.39, 0.29) is 84.3 Å². The van der Waals surface area contributed by atoms with Gasteiger partial charge in [0.05, 0.1) is 11.4 Å². The minimum atomic E-state index is -0.659. The van der Waals surface area contributed by atoms with Crippen LogP contribution in [0, 0.1) is 12.7 Å². The molecule has 0 saturated carbocycles. The van der Waals surface area contributed by atoms with Gasteiger partial charge in [0.25, 0.3) is 0 Å². The van der Waals surface area contributed by atoms with Crippen LogP contribution in [0.5, 0.6) is 5.75 Å². The molecule has 4 rings (SSSR count). The average Bonchev–Trinajstić information content (AvgIpc) is 2.78. The van der Waals surface area contributed by atoms with Crippen LogP contribution < -0.4 is 11.5 Å². The first-order chi connectivity index (χ1) is 15.3. The van der Waals surface area contributed by atoms with Crippen LogP contribution in [0.15, 0.2) is 24.4 Å². The van der Waals surface area contributed by atoms with E-state index in [4.69, 9.17) is 11.5 Å². The van der Waals surface area contributed by atoms with Gasteiger partial charge in [-0.15, -0.1) is 49.6 Å². The number of rotatable bonds is 4. The lowest BCUT2D eigenvalue weighted by atomic mass is 9.89. The number of nitrogens with two attached hydrogens (primary N) is 2. The summed E-state index contributed by atoms with van der Waals surface area (Å²) in [5.41, 5.74) is 14.5. The quantitative estimate of drug-likeness (QED) is 0.383. The number of nitrogens with zero attached hydrogens (tertiary/aromatic N) is 5. The van der Waals surface area contributed by atoms with Crippen LogP contribution in [0.25, 0.3) is 22.6 Å². The third-order valence-electron chi connectivity index (χ3n) is 6.14. The monoisotopic (exact) mass is 581 g/mol. The maximum atomic E-state index is 14.5. The standard InChI is InChI=1S/C23H28FN7O.4ClH/c1-12(2)31-10-7-14(8-11-31)19-13(3)20(30-23(26)29-19)21-17(32)5-4-16(28-21)15-6-9-27-22(25)18(15)24;;;;/h4-6,9,12,14,32H,7-8,10-11H2,1-3H3,(H2,25,27)(H2,26,29,30);4*1H. The molecule has 0 aromatic carbocycles. The summed E-state index contributed by atoms with van der Waals surface area (Å²) in [5, 5.41) is 10.6. The highest BCUT2D eigenvalue weighted by Gasteiger charge is 2.27. The number of anilines is 2. The molecule has 0 unspecified atom stereocenters. The second-order valence-corrected chi connectivity index (χ2v) is 8.47. The van der Waals surface area contributed by atoms with Gasteiger partial charge in [-0.2, -0.15) is 0 Å². The van der Waals surface area contributed by atoms with E-state index in [0.717, 1.165) is 37.2 Å². The van der Waals surface area contributed by atoms with Crippen molar-refractivity contribution in [2.75, 3.05) is 24.6 Å². The Hall–Kier alpha value is -2.17. The van der Waals surface area contributed by atoms with Gasteiger partial charge in [-0.3, -0.25) is 0 Å². The summed E-state index contributed by atoms with van der Waals surface area (Å²) in [7, 11) is 0. The van der Waals surface area contributed by atoms with Gasteiger partial charge in [0.1, 0.15) is 17.1 Å². The molecule has 0 atom stereocenters. The van der Waals surface area contributed by atoms with Crippen molar-refractivity contribution in [3.8, 4) is 28.4 Å². The first-order valence-corrected chi connectivity index (χ1v) is 10.7. The van der Waals surface area contributed by atoms with E-state index >= 15 is 0 Å². The highest BCUT2D eigenvalue weighted by atomic mass is 35.5. The van der Waals surface area contributed by atoms with Crippen molar-refractivity contribution >= 4 is 61.4 Å². The Balaban J connectivity index is 0.00000306. The highest BCUT2D eigenvalue weighted by molar-refractivity contribution is 5.86. The molecule has 0 bridgehead atoms. The summed E-state index contributed by atoms with van der Waals surface area (Å²) >= 11 is 0. The SMILES string of the molecule is Cc1c(-c2nc(-c3ccnc(N)c3F)ccc2O)nc(N)nc1C1CCN(C(C)C)CC1.Cl.Cl.Cl.Cl. The molecule has 3 aromatic rings. The molecule has 4 heterocycles. The van der Waals surface area contributed by atoms with Crippen molar-refractivity contribution in [2.24, 2.45) is 0 Å². The molecular formula is C23H32Cl4FN7O. The molecule has 1 aliphatic rings. The molecule has 36 heavy (non-hydrogen) atoms. The number of likely N-dealkylation sites (tertiary alicyclic amines) is 1. The molecule has 0 amide bonds. The predicted octanol–water partition coefficient (Wildman–Crippen LogP) is 5.19. The van der Waals surface area contributed by atoms with Crippen LogP contribution in [-0.4, -0.2) is 49.1 Å². The van der Waals surface area contributed by atoms with Gasteiger partial charge < -0.3 is 21.5 Å². The number of nitrogen functional groups attached to an aromatic ring is 2. The number of halogens is 5. The molecule has 8 nitrogen and oxygen atoms in total. The zero-order valence-electron chi connectivity index (χ0n) is 20.1. The second kappa shape index (κ2) is 13.9. The zero-order chi connectivity index (χ0) is 23.0. The largest absolute Gasteiger partial charge is 0.506 e. The third-order valence-corrected chi connectivity index (χ3v) is 6.14. The summed E-state index contributed by atoms with van der Waals surface area (Å²) < 4.78 is 14.5. The Morgan fingerprint density at radius 3 is 2.22 bits per heavy atom. The van der Waals surface area contributed by atoms with E-state index in [9.17, 15) is 9.50 Å². The number of piperidine rings is 1. The van der Waals surface area contributed by atoms with Gasteiger partial charge in [-0.05, 0) is 70.5 Å². The lowest BCUT2D eigenvalue weighted by molar-refractivity contribution is 0.170. The fourth-order valence-corrected chi connectivity index (χ4v) is 4.30. The second-order valence-electron chi connectivity index (χ2n) is 8.47. The Bertz CT molecular complexity index is 1160. The summed E-state index contributed by atoms with van der Waals surface area (Å²) in [5.74, 6) is -0.572. The van der Waals surface area contributed by atoms with Crippen molar-refractivity contribution < 1.29 is 9.50 Å². The van der Waals surface area contributed by atoms with Crippen LogP contribution in [0.1, 0.15) is 43.9 Å². The fourth-order valence-electron chi connectivity index (χ4n) is 4.30. The van der Waals surface area contributed by atoms with Gasteiger partial charge in [-0.1, -0.05) is 0 Å². The smallest absolute Gasteiger partial charge is 0.220 e. The van der Waals surface area contributed by atoms with Gasteiger partial charge in [0.15, 0.2) is 11.6 Å². The van der Waals surface area contributed by atoms with Crippen LogP contribution in [0.2, 0.25) is 0 Å². The van der Waals surface area contributed by atoms with E-state index in [1.54, 1.807) is 0 Å². The van der Waals surface area contributed by atoms with E-state index < -0.39 is 5.82 Å². The maximum absolute atomic E-state index is 14.5. The topological polar surface area (TPSA) is 127 Å². The van der Waals surface area contributed by atoms with Gasteiger partial charge in [-0.25, -0.2) is 24.3 Å². The molecule has 13 heteroatoms. The molecule has 1 aliphatic heterocycles. The summed E-state index contributed by atoms with van der Waals surface area (Å²) in [6.07, 6.45) is 3.35. The minimum Gasteiger partial charge on any atom is -0.506 e. The van der Waals surface area contributed by atoms with Crippen molar-refractivity contribution in [3.05, 3.63) is 41.5 Å². The first-order valence-electron chi connectivity index (χ1n) is 10.7. The van der Waals surface area contributed by atoms with Gasteiger partial charge in [0, 0.05) is 23.7 Å². The van der Waals surface area contributed by atoms with Crippen LogP contribution in [-0.2, 0) is 0 Å². The Labute approximate surface area is 235 Å². The number of aromatic nitrogens is 4. The van der Waals surface area contributed by atoms with E-state index in [1.807, 2.05) is 6.92 Å². The lowest BCUT2D eigenvalue weighted by Gasteiger charge is -2.34. The van der Waals surface area contributed by atoms with Crippen LogP contribution >= 0.6 is 49.6 Å². The molecule has 0 aliphatic carbocycles. The molecular weight excluding hydrogens is 551 g/mol. The average molecular weight is 583 g/mol. The zero-order valence-corrected chi connectivity index (χ0v) is 23.4. The molecule has 0 spiro atoms. The maximum Gasteiger partial charge on any atom is 0.220 e.